The fourth-order valence-electron chi connectivity index (χ4n) is 2.16. The molecule has 1 saturated heterocycles. The minimum absolute atomic E-state index is 0.565. The molecule has 1 aliphatic rings. The summed E-state index contributed by atoms with van der Waals surface area (Å²) >= 11 is 0. The van der Waals surface area contributed by atoms with E-state index in [4.69, 9.17) is 23.7 Å². The first-order chi connectivity index (χ1) is 9.76. The van der Waals surface area contributed by atoms with Crippen molar-refractivity contribution in [2.24, 2.45) is 0 Å². The minimum Gasteiger partial charge on any atom is -0.456 e. The topological polar surface area (TPSA) is 97.4 Å². The summed E-state index contributed by atoms with van der Waals surface area (Å²) in [4.78, 5) is 33.7. The van der Waals surface area contributed by atoms with Gasteiger partial charge in [-0.25, -0.2) is 0 Å². The largest absolute Gasteiger partial charge is 0.456 e. The van der Waals surface area contributed by atoms with Crippen LogP contribution in [-0.4, -0.2) is 55.7 Å². The smallest absolute Gasteiger partial charge is 0.303 e. The third kappa shape index (κ3) is 4.68. The molecule has 1 rings (SSSR count). The average molecular weight is 304 g/mol. The fourth-order valence-corrected chi connectivity index (χ4v) is 2.16. The standard InChI is InChI=1S/C13H20O8/c1-6-10(19-7(2)14)11(20-8(3)15)12(21-9(4)16)13(17-5)18-6/h6,10-13H,1-5H3/t6-,10+,11+,12+,13+/m0/s1. The Labute approximate surface area is 122 Å². The van der Waals surface area contributed by atoms with Gasteiger partial charge in [0.2, 0.25) is 0 Å². The van der Waals surface area contributed by atoms with E-state index in [1.54, 1.807) is 6.92 Å². The summed E-state index contributed by atoms with van der Waals surface area (Å²) in [5, 5.41) is 0. The van der Waals surface area contributed by atoms with Gasteiger partial charge in [-0.05, 0) is 6.92 Å². The Kier molecular flexibility index (Phi) is 6.10. The first kappa shape index (κ1) is 17.4. The van der Waals surface area contributed by atoms with Gasteiger partial charge < -0.3 is 23.7 Å². The fraction of sp³-hybridized carbons (Fsp3) is 0.769. The van der Waals surface area contributed by atoms with Gasteiger partial charge in [-0.2, -0.15) is 0 Å². The second kappa shape index (κ2) is 7.37. The number of carbonyl (C=O) groups is 3. The minimum atomic E-state index is -1.03. The quantitative estimate of drug-likeness (QED) is 0.535. The van der Waals surface area contributed by atoms with E-state index in [9.17, 15) is 14.4 Å². The van der Waals surface area contributed by atoms with Crippen LogP contribution in [0.5, 0.6) is 0 Å². The van der Waals surface area contributed by atoms with Crippen LogP contribution in [0.1, 0.15) is 27.7 Å². The van der Waals surface area contributed by atoms with Crippen molar-refractivity contribution in [2.75, 3.05) is 7.11 Å². The van der Waals surface area contributed by atoms with Crippen molar-refractivity contribution in [1.82, 2.24) is 0 Å². The van der Waals surface area contributed by atoms with Crippen molar-refractivity contribution < 1.29 is 38.1 Å². The van der Waals surface area contributed by atoms with Crippen LogP contribution in [-0.2, 0) is 38.1 Å². The molecule has 0 saturated carbocycles. The first-order valence-electron chi connectivity index (χ1n) is 6.46. The zero-order chi connectivity index (χ0) is 16.2. The van der Waals surface area contributed by atoms with Gasteiger partial charge in [0.05, 0.1) is 6.10 Å². The lowest BCUT2D eigenvalue weighted by Crippen LogP contribution is -2.60. The average Bonchev–Trinajstić information content (AvgIpc) is 2.35. The molecule has 120 valence electrons. The molecule has 8 heteroatoms. The summed E-state index contributed by atoms with van der Waals surface area (Å²) in [5.74, 6) is -1.76. The molecule has 0 amide bonds. The Morgan fingerprint density at radius 2 is 1.24 bits per heavy atom. The number of methoxy groups -OCH3 is 1. The van der Waals surface area contributed by atoms with Crippen LogP contribution < -0.4 is 0 Å². The Balaban J connectivity index is 3.08. The molecule has 0 bridgehead atoms. The molecule has 0 aromatic heterocycles. The molecule has 21 heavy (non-hydrogen) atoms. The predicted molar refractivity (Wildman–Crippen MR) is 68.0 cm³/mol. The summed E-state index contributed by atoms with van der Waals surface area (Å²) in [6.45, 7) is 5.27. The van der Waals surface area contributed by atoms with Gasteiger partial charge >= 0.3 is 17.9 Å². The van der Waals surface area contributed by atoms with Crippen LogP contribution in [0.15, 0.2) is 0 Å². The molecule has 1 aliphatic heterocycles. The zero-order valence-corrected chi connectivity index (χ0v) is 12.7. The van der Waals surface area contributed by atoms with Crippen LogP contribution in [0.2, 0.25) is 0 Å². The van der Waals surface area contributed by atoms with E-state index in [1.165, 1.54) is 27.9 Å². The Hall–Kier alpha value is -1.67. The van der Waals surface area contributed by atoms with E-state index in [-0.39, 0.29) is 0 Å². The molecule has 8 nitrogen and oxygen atoms in total. The zero-order valence-electron chi connectivity index (χ0n) is 12.7. The molecule has 0 N–H and O–H groups in total. The summed E-state index contributed by atoms with van der Waals surface area (Å²) in [5.41, 5.74) is 0. The second-order valence-corrected chi connectivity index (χ2v) is 4.67. The third-order valence-electron chi connectivity index (χ3n) is 2.87. The summed E-state index contributed by atoms with van der Waals surface area (Å²) in [7, 11) is 1.37. The molecule has 0 radical (unpaired) electrons. The highest BCUT2D eigenvalue weighted by molar-refractivity contribution is 5.68. The van der Waals surface area contributed by atoms with Gasteiger partial charge in [-0.3, -0.25) is 14.4 Å². The van der Waals surface area contributed by atoms with E-state index in [0.717, 1.165) is 0 Å². The van der Waals surface area contributed by atoms with Crippen molar-refractivity contribution in [3.63, 3.8) is 0 Å². The lowest BCUT2D eigenvalue weighted by Gasteiger charge is -2.42. The lowest BCUT2D eigenvalue weighted by molar-refractivity contribution is -0.294. The second-order valence-electron chi connectivity index (χ2n) is 4.67. The van der Waals surface area contributed by atoms with E-state index in [0.29, 0.717) is 0 Å². The van der Waals surface area contributed by atoms with Gasteiger partial charge in [0.25, 0.3) is 0 Å². The van der Waals surface area contributed by atoms with Gasteiger partial charge in [-0.15, -0.1) is 0 Å². The van der Waals surface area contributed by atoms with Crippen LogP contribution in [0.3, 0.4) is 0 Å². The number of rotatable bonds is 4. The van der Waals surface area contributed by atoms with Crippen molar-refractivity contribution in [1.29, 1.82) is 0 Å². The lowest BCUT2D eigenvalue weighted by atomic mass is 9.99. The highest BCUT2D eigenvalue weighted by Gasteiger charge is 2.50. The van der Waals surface area contributed by atoms with Crippen molar-refractivity contribution in [2.45, 2.75) is 58.4 Å². The molecule has 1 heterocycles. The van der Waals surface area contributed by atoms with Crippen LogP contribution in [0.25, 0.3) is 0 Å². The highest BCUT2D eigenvalue weighted by Crippen LogP contribution is 2.28. The van der Waals surface area contributed by atoms with Crippen LogP contribution >= 0.6 is 0 Å². The number of hydrogen-bond acceptors (Lipinski definition) is 8. The monoisotopic (exact) mass is 304 g/mol. The SMILES string of the molecule is CO[C@@H]1O[C@@H](C)[C@@H](OC(C)=O)[C@@H](OC(C)=O)[C@H]1OC(C)=O. The van der Waals surface area contributed by atoms with Crippen molar-refractivity contribution in [3.05, 3.63) is 0 Å². The first-order valence-corrected chi connectivity index (χ1v) is 6.46. The predicted octanol–water partition coefficient (Wildman–Crippen LogP) is 0.173. The molecule has 0 aromatic rings. The van der Waals surface area contributed by atoms with Gasteiger partial charge in [-0.1, -0.05) is 0 Å². The summed E-state index contributed by atoms with van der Waals surface area (Å²) in [6.07, 6.45) is -4.47. The van der Waals surface area contributed by atoms with E-state index in [1.807, 2.05) is 0 Å². The molecule has 1 fully saturated rings. The van der Waals surface area contributed by atoms with E-state index >= 15 is 0 Å². The van der Waals surface area contributed by atoms with Gasteiger partial charge in [0, 0.05) is 27.9 Å². The number of ether oxygens (including phenoxy) is 5. The molecular weight excluding hydrogens is 284 g/mol. The van der Waals surface area contributed by atoms with Crippen LogP contribution in [0, 0.1) is 0 Å². The van der Waals surface area contributed by atoms with Gasteiger partial charge in [0.1, 0.15) is 0 Å². The highest BCUT2D eigenvalue weighted by atomic mass is 16.7. The summed E-state index contributed by atoms with van der Waals surface area (Å²) < 4.78 is 26.0. The van der Waals surface area contributed by atoms with E-state index in [2.05, 4.69) is 0 Å². The molecular formula is C13H20O8. The van der Waals surface area contributed by atoms with Crippen LogP contribution in [0.4, 0.5) is 0 Å². The molecule has 0 unspecified atom stereocenters. The molecule has 0 aliphatic carbocycles. The molecule has 5 atom stereocenters. The van der Waals surface area contributed by atoms with Gasteiger partial charge in [0.15, 0.2) is 24.6 Å². The number of carbonyl (C=O) groups excluding carboxylic acids is 3. The Morgan fingerprint density at radius 3 is 1.67 bits per heavy atom. The van der Waals surface area contributed by atoms with Crippen molar-refractivity contribution >= 4 is 17.9 Å². The maximum atomic E-state index is 11.3. The maximum Gasteiger partial charge on any atom is 0.303 e. The normalized spacial score (nSPS) is 32.1. The number of hydrogen-bond donors (Lipinski definition) is 0. The van der Waals surface area contributed by atoms with E-state index < -0.39 is 48.6 Å². The Bertz CT molecular complexity index is 407. The number of esters is 3. The summed E-state index contributed by atoms with van der Waals surface area (Å²) in [6, 6.07) is 0. The molecule has 0 aromatic carbocycles. The third-order valence-corrected chi connectivity index (χ3v) is 2.87. The Morgan fingerprint density at radius 1 is 0.810 bits per heavy atom. The molecule has 0 spiro atoms. The maximum absolute atomic E-state index is 11.3. The van der Waals surface area contributed by atoms with Crippen molar-refractivity contribution in [3.8, 4) is 0 Å².